The molecule has 5 rings (SSSR count). The first-order valence-corrected chi connectivity index (χ1v) is 10.3. The van der Waals surface area contributed by atoms with Crippen molar-refractivity contribution in [1.29, 1.82) is 0 Å². The largest absolute Gasteiger partial charge is 0.312 e. The van der Waals surface area contributed by atoms with Crippen LogP contribution in [0.5, 0.6) is 0 Å². The summed E-state index contributed by atoms with van der Waals surface area (Å²) >= 11 is 0. The minimum Gasteiger partial charge on any atom is -0.312 e. The fourth-order valence-corrected chi connectivity index (χ4v) is 4.79. The molecule has 0 saturated carbocycles. The van der Waals surface area contributed by atoms with Gasteiger partial charge < -0.3 is 4.90 Å². The highest BCUT2D eigenvalue weighted by molar-refractivity contribution is 6.98. The van der Waals surface area contributed by atoms with Crippen LogP contribution in [-0.4, -0.2) is 6.71 Å². The second kappa shape index (κ2) is 6.97. The summed E-state index contributed by atoms with van der Waals surface area (Å²) in [7, 11) is 0. The average molecular weight is 373 g/mol. The zero-order valence-electron chi connectivity index (χ0n) is 17.2. The van der Waals surface area contributed by atoms with Crippen LogP contribution in [0, 0.1) is 20.8 Å². The number of nitrogens with zero attached hydrogens (tertiary/aromatic N) is 1. The summed E-state index contributed by atoms with van der Waals surface area (Å²) in [5.74, 6) is 0. The van der Waals surface area contributed by atoms with Gasteiger partial charge >= 0.3 is 0 Å². The Balaban J connectivity index is 1.85. The molecule has 4 aromatic carbocycles. The number of para-hydroxylation sites is 2. The van der Waals surface area contributed by atoms with Gasteiger partial charge in [0.25, 0.3) is 0 Å². The molecular formula is C27H24BN. The van der Waals surface area contributed by atoms with E-state index in [1.54, 1.807) is 0 Å². The molecule has 0 fully saturated rings. The first-order chi connectivity index (χ1) is 14.1. The van der Waals surface area contributed by atoms with Crippen molar-refractivity contribution in [3.63, 3.8) is 0 Å². The van der Waals surface area contributed by atoms with Crippen molar-refractivity contribution in [1.82, 2.24) is 0 Å². The van der Waals surface area contributed by atoms with Crippen LogP contribution in [0.15, 0.2) is 91.0 Å². The maximum absolute atomic E-state index is 2.41. The lowest BCUT2D eigenvalue weighted by Crippen LogP contribution is -2.58. The number of hydrogen-bond acceptors (Lipinski definition) is 1. The van der Waals surface area contributed by atoms with E-state index in [-0.39, 0.29) is 6.71 Å². The molecule has 1 heterocycles. The molecule has 0 bridgehead atoms. The first kappa shape index (κ1) is 17.8. The summed E-state index contributed by atoms with van der Waals surface area (Å²) in [6.07, 6.45) is 0. The van der Waals surface area contributed by atoms with Gasteiger partial charge in [-0.05, 0) is 56.0 Å². The molecule has 0 unspecified atom stereocenters. The molecule has 2 heteroatoms. The van der Waals surface area contributed by atoms with Crippen LogP contribution in [0.1, 0.15) is 16.7 Å². The van der Waals surface area contributed by atoms with Crippen LogP contribution in [0.25, 0.3) is 0 Å². The SMILES string of the molecule is Cc1ccc2c(c1)B(c1c(C)cccc1C)c1ccccc1N2c1ccccc1. The van der Waals surface area contributed by atoms with Gasteiger partial charge in [-0.2, -0.15) is 0 Å². The monoisotopic (exact) mass is 373 g/mol. The second-order valence-electron chi connectivity index (χ2n) is 8.03. The molecule has 4 aromatic rings. The van der Waals surface area contributed by atoms with Crippen LogP contribution in [0.4, 0.5) is 17.1 Å². The van der Waals surface area contributed by atoms with Crippen molar-refractivity contribution in [2.75, 3.05) is 4.90 Å². The number of benzene rings is 4. The van der Waals surface area contributed by atoms with Gasteiger partial charge in [-0.25, -0.2) is 0 Å². The quantitative estimate of drug-likeness (QED) is 0.398. The minimum atomic E-state index is 0.238. The Kier molecular flexibility index (Phi) is 4.28. The van der Waals surface area contributed by atoms with Crippen LogP contribution in [0.2, 0.25) is 0 Å². The topological polar surface area (TPSA) is 3.24 Å². The predicted molar refractivity (Wildman–Crippen MR) is 126 cm³/mol. The van der Waals surface area contributed by atoms with Crippen LogP contribution < -0.4 is 21.3 Å². The minimum absolute atomic E-state index is 0.238. The number of anilines is 3. The Bertz CT molecular complexity index is 1180. The zero-order valence-corrected chi connectivity index (χ0v) is 17.2. The van der Waals surface area contributed by atoms with Gasteiger partial charge in [0.15, 0.2) is 0 Å². The highest BCUT2D eigenvalue weighted by Crippen LogP contribution is 2.35. The van der Waals surface area contributed by atoms with Crippen molar-refractivity contribution in [2.24, 2.45) is 0 Å². The molecule has 0 N–H and O–H groups in total. The summed E-state index contributed by atoms with van der Waals surface area (Å²) in [4.78, 5) is 2.41. The van der Waals surface area contributed by atoms with Crippen molar-refractivity contribution in [3.05, 3.63) is 108 Å². The van der Waals surface area contributed by atoms with E-state index in [1.165, 1.54) is 50.1 Å². The fraction of sp³-hybridized carbons (Fsp3) is 0.111. The van der Waals surface area contributed by atoms with Crippen molar-refractivity contribution in [3.8, 4) is 0 Å². The van der Waals surface area contributed by atoms with E-state index in [9.17, 15) is 0 Å². The maximum Gasteiger partial charge on any atom is 0.247 e. The van der Waals surface area contributed by atoms with Gasteiger partial charge in [0.2, 0.25) is 6.71 Å². The van der Waals surface area contributed by atoms with E-state index in [2.05, 4.69) is 117 Å². The van der Waals surface area contributed by atoms with Crippen LogP contribution in [-0.2, 0) is 0 Å². The lowest BCUT2D eigenvalue weighted by atomic mass is 9.34. The molecule has 1 aliphatic heterocycles. The van der Waals surface area contributed by atoms with Gasteiger partial charge in [0.05, 0.1) is 0 Å². The summed E-state index contributed by atoms with van der Waals surface area (Å²) in [5.41, 5.74) is 11.9. The van der Waals surface area contributed by atoms with Crippen molar-refractivity contribution >= 4 is 40.2 Å². The van der Waals surface area contributed by atoms with Gasteiger partial charge in [-0.3, -0.25) is 0 Å². The Morgan fingerprint density at radius 2 is 1.24 bits per heavy atom. The lowest BCUT2D eigenvalue weighted by Gasteiger charge is -2.38. The van der Waals surface area contributed by atoms with E-state index in [4.69, 9.17) is 0 Å². The smallest absolute Gasteiger partial charge is 0.247 e. The van der Waals surface area contributed by atoms with Gasteiger partial charge in [0, 0.05) is 17.1 Å². The van der Waals surface area contributed by atoms with E-state index in [0.717, 1.165) is 0 Å². The third-order valence-corrected chi connectivity index (χ3v) is 6.07. The second-order valence-corrected chi connectivity index (χ2v) is 8.03. The Labute approximate surface area is 173 Å². The lowest BCUT2D eigenvalue weighted by molar-refractivity contribution is 1.28. The summed E-state index contributed by atoms with van der Waals surface area (Å²) in [6.45, 7) is 6.91. The Morgan fingerprint density at radius 3 is 2.00 bits per heavy atom. The molecule has 0 aliphatic carbocycles. The summed E-state index contributed by atoms with van der Waals surface area (Å²) < 4.78 is 0. The predicted octanol–water partition coefficient (Wildman–Crippen LogP) is 4.91. The third kappa shape index (κ3) is 2.87. The fourth-order valence-electron chi connectivity index (χ4n) is 4.79. The molecule has 140 valence electrons. The Morgan fingerprint density at radius 1 is 0.586 bits per heavy atom. The van der Waals surface area contributed by atoms with Crippen molar-refractivity contribution < 1.29 is 0 Å². The van der Waals surface area contributed by atoms with Gasteiger partial charge in [0.1, 0.15) is 0 Å². The molecular weight excluding hydrogens is 349 g/mol. The molecule has 29 heavy (non-hydrogen) atoms. The maximum atomic E-state index is 2.41. The normalized spacial score (nSPS) is 12.5. The van der Waals surface area contributed by atoms with Gasteiger partial charge in [-0.1, -0.05) is 88.9 Å². The van der Waals surface area contributed by atoms with Gasteiger partial charge in [-0.15, -0.1) is 0 Å². The standard InChI is InChI=1S/C27H24BN/c1-19-16-17-26-24(18-19)28(27-20(2)10-9-11-21(27)3)23-14-7-8-15-25(23)29(26)22-12-5-4-6-13-22/h4-18H,1-3H3. The third-order valence-electron chi connectivity index (χ3n) is 6.07. The summed E-state index contributed by atoms with van der Waals surface area (Å²) in [6, 6.07) is 33.1. The van der Waals surface area contributed by atoms with Crippen molar-refractivity contribution in [2.45, 2.75) is 20.8 Å². The molecule has 0 radical (unpaired) electrons. The molecule has 0 saturated heterocycles. The number of hydrogen-bond donors (Lipinski definition) is 0. The molecule has 1 nitrogen and oxygen atoms in total. The number of rotatable bonds is 2. The van der Waals surface area contributed by atoms with E-state index in [1.807, 2.05) is 0 Å². The van der Waals surface area contributed by atoms with E-state index < -0.39 is 0 Å². The van der Waals surface area contributed by atoms with E-state index in [0.29, 0.717) is 0 Å². The Hall–Kier alpha value is -3.26. The molecule has 1 aliphatic rings. The number of fused-ring (bicyclic) bond motifs is 2. The molecule has 0 aromatic heterocycles. The van der Waals surface area contributed by atoms with E-state index >= 15 is 0 Å². The first-order valence-electron chi connectivity index (χ1n) is 10.3. The van der Waals surface area contributed by atoms with Crippen LogP contribution in [0.3, 0.4) is 0 Å². The average Bonchev–Trinajstić information content (AvgIpc) is 2.74. The zero-order chi connectivity index (χ0) is 20.0. The molecule has 0 amide bonds. The highest BCUT2D eigenvalue weighted by atomic mass is 15.1. The molecule has 0 atom stereocenters. The highest BCUT2D eigenvalue weighted by Gasteiger charge is 2.36. The van der Waals surface area contributed by atoms with Crippen LogP contribution >= 0.6 is 0 Å². The summed E-state index contributed by atoms with van der Waals surface area (Å²) in [5, 5.41) is 0. The number of aryl methyl sites for hydroxylation is 3. The molecule has 0 spiro atoms.